The number of rotatable bonds is 8. The van der Waals surface area contributed by atoms with Crippen molar-refractivity contribution in [2.45, 2.75) is 45.4 Å². The Labute approximate surface area is 187 Å². The molecule has 0 aliphatic carbocycles. The summed E-state index contributed by atoms with van der Waals surface area (Å²) < 4.78 is 42.3. The maximum Gasteiger partial charge on any atom is 0.138 e. The first-order valence-corrected chi connectivity index (χ1v) is 11.3. The van der Waals surface area contributed by atoms with Gasteiger partial charge in [0.1, 0.15) is 17.5 Å². The van der Waals surface area contributed by atoms with Crippen LogP contribution in [0.4, 0.5) is 13.2 Å². The molecular formula is C29H27F3. The van der Waals surface area contributed by atoms with Crippen molar-refractivity contribution >= 4 is 10.8 Å². The summed E-state index contributed by atoms with van der Waals surface area (Å²) in [6.07, 6.45) is 7.45. The van der Waals surface area contributed by atoms with Gasteiger partial charge in [-0.1, -0.05) is 81.1 Å². The van der Waals surface area contributed by atoms with Crippen molar-refractivity contribution in [1.82, 2.24) is 0 Å². The molecule has 0 atom stereocenters. The maximum atomic E-state index is 15.2. The van der Waals surface area contributed by atoms with Gasteiger partial charge in [-0.2, -0.15) is 0 Å². The predicted molar refractivity (Wildman–Crippen MR) is 127 cm³/mol. The average molecular weight is 433 g/mol. The largest absolute Gasteiger partial charge is 0.207 e. The Hall–Kier alpha value is -3.07. The summed E-state index contributed by atoms with van der Waals surface area (Å²) >= 11 is 0. The first-order chi connectivity index (χ1) is 15.5. The van der Waals surface area contributed by atoms with Gasteiger partial charge in [-0.3, -0.25) is 0 Å². The third-order valence-electron chi connectivity index (χ3n) is 5.98. The molecule has 4 aromatic carbocycles. The number of fused-ring (bicyclic) bond motifs is 1. The van der Waals surface area contributed by atoms with E-state index in [0.717, 1.165) is 41.1 Å². The van der Waals surface area contributed by atoms with Gasteiger partial charge < -0.3 is 0 Å². The third kappa shape index (κ3) is 5.04. The monoisotopic (exact) mass is 432 g/mol. The van der Waals surface area contributed by atoms with Gasteiger partial charge >= 0.3 is 0 Å². The minimum atomic E-state index is -0.723. The van der Waals surface area contributed by atoms with Gasteiger partial charge in [0.2, 0.25) is 0 Å². The molecule has 4 aromatic rings. The van der Waals surface area contributed by atoms with Crippen LogP contribution >= 0.6 is 0 Å². The summed E-state index contributed by atoms with van der Waals surface area (Å²) in [4.78, 5) is 0. The van der Waals surface area contributed by atoms with Gasteiger partial charge in [0.15, 0.2) is 0 Å². The van der Waals surface area contributed by atoms with Crippen LogP contribution in [0.1, 0.15) is 44.6 Å². The van der Waals surface area contributed by atoms with Gasteiger partial charge in [0, 0.05) is 17.0 Å². The molecule has 0 spiro atoms. The molecule has 0 nitrogen and oxygen atoms in total. The maximum absolute atomic E-state index is 15.2. The van der Waals surface area contributed by atoms with E-state index in [1.807, 2.05) is 12.1 Å². The van der Waals surface area contributed by atoms with E-state index in [2.05, 4.69) is 31.2 Å². The smallest absolute Gasteiger partial charge is 0.138 e. The van der Waals surface area contributed by atoms with Crippen molar-refractivity contribution < 1.29 is 13.2 Å². The van der Waals surface area contributed by atoms with Gasteiger partial charge in [0.25, 0.3) is 0 Å². The highest BCUT2D eigenvalue weighted by Crippen LogP contribution is 2.32. The molecule has 3 heteroatoms. The molecule has 0 saturated heterocycles. The Kier molecular flexibility index (Phi) is 6.94. The van der Waals surface area contributed by atoms with Crippen LogP contribution in [0.15, 0.2) is 72.8 Å². The molecule has 0 heterocycles. The molecule has 0 radical (unpaired) electrons. The molecule has 0 N–H and O–H groups in total. The zero-order chi connectivity index (χ0) is 22.5. The quantitative estimate of drug-likeness (QED) is 0.244. The standard InChI is InChI=1S/C29H27F3/c1-2-3-4-5-6-7-20-8-10-21(11-9-20)22-12-14-27-23(16-22)13-15-28(29(27)32)24-17-25(30)19-26(31)18-24/h8-19H,2-7H2,1H3. The van der Waals surface area contributed by atoms with Gasteiger partial charge in [-0.25, -0.2) is 13.2 Å². The third-order valence-corrected chi connectivity index (χ3v) is 5.98. The Balaban J connectivity index is 1.55. The summed E-state index contributed by atoms with van der Waals surface area (Å²) in [5.41, 5.74) is 3.81. The molecule has 0 aromatic heterocycles. The van der Waals surface area contributed by atoms with E-state index in [0.29, 0.717) is 5.39 Å². The molecule has 0 unspecified atom stereocenters. The van der Waals surface area contributed by atoms with Crippen molar-refractivity contribution in [3.05, 3.63) is 95.8 Å². The minimum Gasteiger partial charge on any atom is -0.207 e. The highest BCUT2D eigenvalue weighted by molar-refractivity contribution is 5.91. The van der Waals surface area contributed by atoms with Crippen LogP contribution in [-0.2, 0) is 6.42 Å². The predicted octanol–water partition coefficient (Wildman–Crippen LogP) is 9.10. The second kappa shape index (κ2) is 10.0. The highest BCUT2D eigenvalue weighted by Gasteiger charge is 2.12. The van der Waals surface area contributed by atoms with E-state index >= 15 is 4.39 Å². The summed E-state index contributed by atoms with van der Waals surface area (Å²) in [6.45, 7) is 2.23. The van der Waals surface area contributed by atoms with Crippen LogP contribution in [-0.4, -0.2) is 0 Å². The topological polar surface area (TPSA) is 0 Å². The van der Waals surface area contributed by atoms with Gasteiger partial charge in [-0.15, -0.1) is 0 Å². The molecule has 0 saturated carbocycles. The fourth-order valence-electron chi connectivity index (χ4n) is 4.20. The lowest BCUT2D eigenvalue weighted by Crippen LogP contribution is -1.90. The first-order valence-electron chi connectivity index (χ1n) is 11.3. The molecule has 0 amide bonds. The van der Waals surface area contributed by atoms with Crippen molar-refractivity contribution in [2.75, 3.05) is 0 Å². The fraction of sp³-hybridized carbons (Fsp3) is 0.241. The Morgan fingerprint density at radius 2 is 1.28 bits per heavy atom. The summed E-state index contributed by atoms with van der Waals surface area (Å²) in [5, 5.41) is 1.18. The molecule has 0 fully saturated rings. The molecule has 0 aliphatic rings. The van der Waals surface area contributed by atoms with Gasteiger partial charge in [0.05, 0.1) is 0 Å². The SMILES string of the molecule is CCCCCCCc1ccc(-c2ccc3c(F)c(-c4cc(F)cc(F)c4)ccc3c2)cc1. The number of halogens is 3. The van der Waals surface area contributed by atoms with Gasteiger partial charge in [-0.05, 0) is 58.7 Å². The number of benzene rings is 4. The molecule has 4 rings (SSSR count). The van der Waals surface area contributed by atoms with E-state index in [1.54, 1.807) is 18.2 Å². The zero-order valence-electron chi connectivity index (χ0n) is 18.3. The molecule has 0 bridgehead atoms. The van der Waals surface area contributed by atoms with Crippen LogP contribution in [0.25, 0.3) is 33.0 Å². The number of hydrogen-bond acceptors (Lipinski definition) is 0. The van der Waals surface area contributed by atoms with E-state index in [9.17, 15) is 8.78 Å². The Morgan fingerprint density at radius 1 is 0.594 bits per heavy atom. The van der Waals surface area contributed by atoms with Crippen molar-refractivity contribution in [3.8, 4) is 22.3 Å². The summed E-state index contributed by atoms with van der Waals surface area (Å²) in [5.74, 6) is -1.92. The molecule has 32 heavy (non-hydrogen) atoms. The number of unbranched alkanes of at least 4 members (excludes halogenated alkanes) is 4. The van der Waals surface area contributed by atoms with E-state index in [-0.39, 0.29) is 11.1 Å². The van der Waals surface area contributed by atoms with Crippen LogP contribution in [0.2, 0.25) is 0 Å². The Morgan fingerprint density at radius 3 is 2.00 bits per heavy atom. The minimum absolute atomic E-state index is 0.187. The van der Waals surface area contributed by atoms with Crippen molar-refractivity contribution in [1.29, 1.82) is 0 Å². The Bertz CT molecular complexity index is 1190. The lowest BCUT2D eigenvalue weighted by molar-refractivity contribution is 0.583. The fourth-order valence-corrected chi connectivity index (χ4v) is 4.20. The normalized spacial score (nSPS) is 11.2. The lowest BCUT2D eigenvalue weighted by atomic mass is 9.96. The number of hydrogen-bond donors (Lipinski definition) is 0. The summed E-state index contributed by atoms with van der Waals surface area (Å²) in [6, 6.07) is 20.6. The van der Waals surface area contributed by atoms with Crippen molar-refractivity contribution in [2.24, 2.45) is 0 Å². The molecule has 0 aliphatic heterocycles. The highest BCUT2D eigenvalue weighted by atomic mass is 19.1. The summed E-state index contributed by atoms with van der Waals surface area (Å²) in [7, 11) is 0. The van der Waals surface area contributed by atoms with E-state index in [4.69, 9.17) is 0 Å². The van der Waals surface area contributed by atoms with Crippen molar-refractivity contribution in [3.63, 3.8) is 0 Å². The van der Waals surface area contributed by atoms with Crippen LogP contribution < -0.4 is 0 Å². The average Bonchev–Trinajstić information content (AvgIpc) is 2.79. The second-order valence-corrected chi connectivity index (χ2v) is 8.38. The van der Waals surface area contributed by atoms with Crippen LogP contribution in [0.5, 0.6) is 0 Å². The number of aryl methyl sites for hydroxylation is 1. The molecule has 164 valence electrons. The first kappa shape index (κ1) is 22.1. The van der Waals surface area contributed by atoms with Crippen LogP contribution in [0.3, 0.4) is 0 Å². The van der Waals surface area contributed by atoms with Crippen LogP contribution in [0, 0.1) is 17.5 Å². The lowest BCUT2D eigenvalue weighted by Gasteiger charge is -2.10. The molecular weight excluding hydrogens is 405 g/mol. The van der Waals surface area contributed by atoms with E-state index < -0.39 is 17.5 Å². The zero-order valence-corrected chi connectivity index (χ0v) is 18.3. The second-order valence-electron chi connectivity index (χ2n) is 8.38. The van der Waals surface area contributed by atoms with E-state index in [1.165, 1.54) is 37.7 Å².